The molecular formula is C16H11Br2N3O3. The molecule has 0 atom stereocenters. The molecule has 0 saturated heterocycles. The first-order chi connectivity index (χ1) is 11.5. The van der Waals surface area contributed by atoms with Gasteiger partial charge in [0.2, 0.25) is 5.88 Å². The molecule has 3 rings (SSSR count). The van der Waals surface area contributed by atoms with Crippen molar-refractivity contribution < 1.29 is 14.6 Å². The van der Waals surface area contributed by atoms with Crippen molar-refractivity contribution in [3.05, 3.63) is 51.4 Å². The number of halogens is 2. The van der Waals surface area contributed by atoms with E-state index in [2.05, 4.69) is 47.1 Å². The number of hydrogen-bond acceptors (Lipinski definition) is 4. The highest BCUT2D eigenvalue weighted by molar-refractivity contribution is 9.11. The van der Waals surface area contributed by atoms with E-state index in [4.69, 9.17) is 4.74 Å². The summed E-state index contributed by atoms with van der Waals surface area (Å²) >= 11 is 6.70. The summed E-state index contributed by atoms with van der Waals surface area (Å²) in [5, 5.41) is 18.0. The molecular weight excluding hydrogens is 442 g/mol. The number of ether oxygens (including phenoxy) is 1. The summed E-state index contributed by atoms with van der Waals surface area (Å²) in [5.74, 6) is -0.160. The first-order valence-corrected chi connectivity index (χ1v) is 8.45. The van der Waals surface area contributed by atoms with E-state index in [1.807, 2.05) is 12.1 Å². The summed E-state index contributed by atoms with van der Waals surface area (Å²) in [6.07, 6.45) is 0. The molecule has 0 bridgehead atoms. The fraction of sp³-hybridized carbons (Fsp3) is 0.0625. The number of para-hydroxylation sites is 1. The molecule has 6 nitrogen and oxygen atoms in total. The van der Waals surface area contributed by atoms with Crippen molar-refractivity contribution in [3.63, 3.8) is 0 Å². The Labute approximate surface area is 153 Å². The molecule has 2 aromatic carbocycles. The summed E-state index contributed by atoms with van der Waals surface area (Å²) in [4.78, 5) is 14.6. The van der Waals surface area contributed by atoms with Gasteiger partial charge >= 0.3 is 5.91 Å². The Kier molecular flexibility index (Phi) is 4.96. The number of nitrogens with one attached hydrogen (secondary N) is 1. The Balaban J connectivity index is 1.73. The lowest BCUT2D eigenvalue weighted by molar-refractivity contribution is -0.120. The summed E-state index contributed by atoms with van der Waals surface area (Å²) in [7, 11) is 0. The van der Waals surface area contributed by atoms with Gasteiger partial charge in [0.05, 0.1) is 5.52 Å². The van der Waals surface area contributed by atoms with Crippen LogP contribution in [0.3, 0.4) is 0 Å². The number of amides is 1. The SMILES string of the molecule is O=C(COc1cccc(Br)c1)N=Nc1c(O)[nH]c2c(Br)cccc12. The zero-order chi connectivity index (χ0) is 17.1. The normalized spacial score (nSPS) is 11.2. The molecule has 0 radical (unpaired) electrons. The molecule has 24 heavy (non-hydrogen) atoms. The van der Waals surface area contributed by atoms with E-state index in [9.17, 15) is 9.90 Å². The summed E-state index contributed by atoms with van der Waals surface area (Å²) in [5.41, 5.74) is 0.892. The van der Waals surface area contributed by atoms with Crippen molar-refractivity contribution in [1.29, 1.82) is 0 Å². The topological polar surface area (TPSA) is 87.0 Å². The van der Waals surface area contributed by atoms with E-state index in [1.54, 1.807) is 30.3 Å². The van der Waals surface area contributed by atoms with Gasteiger partial charge < -0.3 is 14.8 Å². The lowest BCUT2D eigenvalue weighted by atomic mass is 10.2. The summed E-state index contributed by atoms with van der Waals surface area (Å²) < 4.78 is 6.97. The fourth-order valence-corrected chi connectivity index (χ4v) is 2.93. The second-order valence-corrected chi connectivity index (χ2v) is 6.59. The van der Waals surface area contributed by atoms with Crippen molar-refractivity contribution >= 4 is 54.4 Å². The molecule has 8 heteroatoms. The van der Waals surface area contributed by atoms with E-state index in [-0.39, 0.29) is 18.2 Å². The van der Waals surface area contributed by atoms with E-state index in [0.717, 1.165) is 8.95 Å². The van der Waals surface area contributed by atoms with E-state index in [1.165, 1.54) is 0 Å². The van der Waals surface area contributed by atoms with Crippen LogP contribution in [0.25, 0.3) is 10.9 Å². The zero-order valence-corrected chi connectivity index (χ0v) is 15.3. The highest BCUT2D eigenvalue weighted by Crippen LogP contribution is 2.38. The summed E-state index contributed by atoms with van der Waals surface area (Å²) in [6, 6.07) is 12.5. The third-order valence-electron chi connectivity index (χ3n) is 3.16. The highest BCUT2D eigenvalue weighted by Gasteiger charge is 2.12. The van der Waals surface area contributed by atoms with Crippen LogP contribution in [-0.2, 0) is 4.79 Å². The van der Waals surface area contributed by atoms with Crippen molar-refractivity contribution in [2.45, 2.75) is 0 Å². The largest absolute Gasteiger partial charge is 0.493 e. The molecule has 0 saturated carbocycles. The van der Waals surface area contributed by atoms with Gasteiger partial charge in [-0.05, 0) is 40.2 Å². The Morgan fingerprint density at radius 1 is 1.21 bits per heavy atom. The van der Waals surface area contributed by atoms with Crippen LogP contribution in [0.5, 0.6) is 11.6 Å². The highest BCUT2D eigenvalue weighted by atomic mass is 79.9. The van der Waals surface area contributed by atoms with Crippen LogP contribution in [0.2, 0.25) is 0 Å². The van der Waals surface area contributed by atoms with Crippen LogP contribution in [-0.4, -0.2) is 22.6 Å². The number of carbonyl (C=O) groups is 1. The van der Waals surface area contributed by atoms with Crippen molar-refractivity contribution in [2.75, 3.05) is 6.61 Å². The molecule has 0 fully saturated rings. The maximum atomic E-state index is 11.8. The lowest BCUT2D eigenvalue weighted by Crippen LogP contribution is -2.07. The Morgan fingerprint density at radius 3 is 2.79 bits per heavy atom. The number of H-pyrrole nitrogens is 1. The van der Waals surface area contributed by atoms with Gasteiger partial charge in [-0.25, -0.2) is 0 Å². The first-order valence-electron chi connectivity index (χ1n) is 6.86. The molecule has 122 valence electrons. The van der Waals surface area contributed by atoms with Crippen LogP contribution in [0.1, 0.15) is 0 Å². The molecule has 0 aliphatic rings. The maximum absolute atomic E-state index is 11.8. The van der Waals surface area contributed by atoms with Gasteiger partial charge in [0.25, 0.3) is 0 Å². The van der Waals surface area contributed by atoms with Crippen molar-refractivity contribution in [2.24, 2.45) is 10.2 Å². The smallest absolute Gasteiger partial charge is 0.302 e. The Hall–Kier alpha value is -2.19. The number of benzene rings is 2. The minimum Gasteiger partial charge on any atom is -0.493 e. The van der Waals surface area contributed by atoms with Crippen LogP contribution in [0, 0.1) is 0 Å². The first kappa shape index (κ1) is 16.7. The molecule has 1 amide bonds. The lowest BCUT2D eigenvalue weighted by Gasteiger charge is -2.02. The number of hydrogen-bond donors (Lipinski definition) is 2. The maximum Gasteiger partial charge on any atom is 0.302 e. The molecule has 0 aliphatic carbocycles. The minimum atomic E-state index is -0.557. The molecule has 3 aromatic rings. The van der Waals surface area contributed by atoms with Crippen LogP contribution < -0.4 is 4.74 Å². The van der Waals surface area contributed by atoms with Gasteiger partial charge in [0.1, 0.15) is 5.75 Å². The second-order valence-electron chi connectivity index (χ2n) is 4.82. The van der Waals surface area contributed by atoms with Gasteiger partial charge in [-0.15, -0.1) is 10.2 Å². The molecule has 0 unspecified atom stereocenters. The number of aromatic hydroxyl groups is 1. The number of carbonyl (C=O) groups excluding carboxylic acids is 1. The van der Waals surface area contributed by atoms with Crippen molar-refractivity contribution in [1.82, 2.24) is 4.98 Å². The quantitative estimate of drug-likeness (QED) is 0.540. The predicted molar refractivity (Wildman–Crippen MR) is 96.8 cm³/mol. The average Bonchev–Trinajstić information content (AvgIpc) is 2.88. The van der Waals surface area contributed by atoms with Gasteiger partial charge in [0, 0.05) is 14.3 Å². The number of aromatic amines is 1. The van der Waals surface area contributed by atoms with Crippen LogP contribution >= 0.6 is 31.9 Å². The van der Waals surface area contributed by atoms with Crippen molar-refractivity contribution in [3.8, 4) is 11.6 Å². The van der Waals surface area contributed by atoms with E-state index >= 15 is 0 Å². The summed E-state index contributed by atoms with van der Waals surface area (Å²) in [6.45, 7) is -0.243. The van der Waals surface area contributed by atoms with E-state index < -0.39 is 5.91 Å². The molecule has 1 aromatic heterocycles. The monoisotopic (exact) mass is 451 g/mol. The Morgan fingerprint density at radius 2 is 2.00 bits per heavy atom. The molecule has 0 spiro atoms. The third-order valence-corrected chi connectivity index (χ3v) is 4.31. The molecule has 2 N–H and O–H groups in total. The van der Waals surface area contributed by atoms with Gasteiger partial charge in [-0.3, -0.25) is 4.79 Å². The van der Waals surface area contributed by atoms with E-state index in [0.29, 0.717) is 16.7 Å². The predicted octanol–water partition coefficient (Wildman–Crippen LogP) is 5.09. The van der Waals surface area contributed by atoms with Gasteiger partial charge in [-0.2, -0.15) is 0 Å². The number of aromatic nitrogens is 1. The van der Waals surface area contributed by atoms with Crippen LogP contribution in [0.4, 0.5) is 5.69 Å². The standard InChI is InChI=1S/C16H11Br2N3O3/c17-9-3-1-4-10(7-9)24-8-13(22)20-21-15-11-5-2-6-12(18)14(11)19-16(15)23/h1-7,19,23H,8H2. The van der Waals surface area contributed by atoms with Gasteiger partial charge in [0.15, 0.2) is 12.3 Å². The number of rotatable bonds is 4. The number of fused-ring (bicyclic) bond motifs is 1. The third kappa shape index (κ3) is 3.65. The number of nitrogens with zero attached hydrogens (tertiary/aromatic N) is 2. The van der Waals surface area contributed by atoms with Gasteiger partial charge in [-0.1, -0.05) is 34.1 Å². The molecule has 0 aliphatic heterocycles. The molecule has 1 heterocycles. The number of azo groups is 1. The second kappa shape index (κ2) is 7.14. The average molecular weight is 453 g/mol. The van der Waals surface area contributed by atoms with Crippen LogP contribution in [0.15, 0.2) is 61.6 Å². The Bertz CT molecular complexity index is 937. The fourth-order valence-electron chi connectivity index (χ4n) is 2.09. The zero-order valence-electron chi connectivity index (χ0n) is 12.2. The minimum absolute atomic E-state index is 0.152.